The largest absolute Gasteiger partial charge is 0.352 e. The Morgan fingerprint density at radius 2 is 2.24 bits per heavy atom. The van der Waals surface area contributed by atoms with Crippen LogP contribution in [0, 0.1) is 5.92 Å². The van der Waals surface area contributed by atoms with Crippen molar-refractivity contribution in [2.45, 2.75) is 45.2 Å². The van der Waals surface area contributed by atoms with E-state index in [1.165, 1.54) is 4.68 Å². The third-order valence-electron chi connectivity index (χ3n) is 3.43. The molecular formula is C14H23N5O2. The molecule has 1 fully saturated rings. The van der Waals surface area contributed by atoms with Crippen molar-refractivity contribution in [3.8, 4) is 0 Å². The van der Waals surface area contributed by atoms with Gasteiger partial charge in [0.15, 0.2) is 0 Å². The molecular weight excluding hydrogens is 270 g/mol. The topological polar surface area (TPSA) is 102 Å². The zero-order chi connectivity index (χ0) is 15.2. The Labute approximate surface area is 124 Å². The maximum absolute atomic E-state index is 11.7. The Kier molecular flexibility index (Phi) is 5.32. The van der Waals surface area contributed by atoms with Crippen LogP contribution in [0.25, 0.3) is 0 Å². The molecule has 1 aliphatic rings. The van der Waals surface area contributed by atoms with E-state index in [1.807, 2.05) is 6.92 Å². The predicted molar refractivity (Wildman–Crippen MR) is 79.5 cm³/mol. The lowest BCUT2D eigenvalue weighted by molar-refractivity contribution is -0.122. The first-order valence-corrected chi connectivity index (χ1v) is 7.38. The highest BCUT2D eigenvalue weighted by molar-refractivity contribution is 5.90. The SMILES string of the molecule is CC(CN)CCC(=O)Nc1cnn(CC(=O)NC2CC2)c1. The van der Waals surface area contributed by atoms with Gasteiger partial charge in [-0.1, -0.05) is 6.92 Å². The lowest BCUT2D eigenvalue weighted by Gasteiger charge is -2.07. The highest BCUT2D eigenvalue weighted by atomic mass is 16.2. The first kappa shape index (κ1) is 15.5. The molecule has 7 nitrogen and oxygen atoms in total. The lowest BCUT2D eigenvalue weighted by Crippen LogP contribution is -2.29. The fraction of sp³-hybridized carbons (Fsp3) is 0.643. The van der Waals surface area contributed by atoms with Crippen molar-refractivity contribution >= 4 is 17.5 Å². The molecule has 1 aromatic heterocycles. The number of anilines is 1. The summed E-state index contributed by atoms with van der Waals surface area (Å²) in [6.07, 6.45) is 6.54. The van der Waals surface area contributed by atoms with Gasteiger partial charge in [0.05, 0.1) is 11.9 Å². The Bertz CT molecular complexity index is 495. The van der Waals surface area contributed by atoms with E-state index in [4.69, 9.17) is 5.73 Å². The van der Waals surface area contributed by atoms with Gasteiger partial charge < -0.3 is 16.4 Å². The van der Waals surface area contributed by atoms with Crippen LogP contribution in [-0.2, 0) is 16.1 Å². The van der Waals surface area contributed by atoms with Gasteiger partial charge in [-0.15, -0.1) is 0 Å². The van der Waals surface area contributed by atoms with E-state index in [-0.39, 0.29) is 18.4 Å². The molecule has 1 atom stereocenters. The maximum atomic E-state index is 11.7. The summed E-state index contributed by atoms with van der Waals surface area (Å²) in [5.74, 6) is 0.233. The normalized spacial score (nSPS) is 15.5. The van der Waals surface area contributed by atoms with Crippen molar-refractivity contribution in [2.75, 3.05) is 11.9 Å². The molecule has 2 rings (SSSR count). The highest BCUT2D eigenvalue weighted by Gasteiger charge is 2.23. The van der Waals surface area contributed by atoms with Crippen LogP contribution in [-0.4, -0.2) is 34.2 Å². The molecule has 21 heavy (non-hydrogen) atoms. The van der Waals surface area contributed by atoms with E-state index in [9.17, 15) is 9.59 Å². The molecule has 0 radical (unpaired) electrons. The van der Waals surface area contributed by atoms with Crippen molar-refractivity contribution in [2.24, 2.45) is 11.7 Å². The number of carbonyl (C=O) groups excluding carboxylic acids is 2. The standard InChI is InChI=1S/C14H23N5O2/c1-10(6-15)2-5-13(20)18-12-7-16-19(8-12)9-14(21)17-11-3-4-11/h7-8,10-11H,2-6,9,15H2,1H3,(H,17,21)(H,18,20). The summed E-state index contributed by atoms with van der Waals surface area (Å²) in [6.45, 7) is 2.78. The van der Waals surface area contributed by atoms with Gasteiger partial charge in [-0.2, -0.15) is 5.10 Å². The second kappa shape index (κ2) is 7.21. The Morgan fingerprint density at radius 1 is 1.48 bits per heavy atom. The summed E-state index contributed by atoms with van der Waals surface area (Å²) in [5.41, 5.74) is 6.13. The van der Waals surface area contributed by atoms with Crippen LogP contribution >= 0.6 is 0 Å². The second-order valence-electron chi connectivity index (χ2n) is 5.70. The summed E-state index contributed by atoms with van der Waals surface area (Å²) < 4.78 is 1.52. The minimum absolute atomic E-state index is 0.0461. The zero-order valence-electron chi connectivity index (χ0n) is 12.3. The van der Waals surface area contributed by atoms with Crippen LogP contribution in [0.3, 0.4) is 0 Å². The minimum atomic E-state index is -0.0581. The Morgan fingerprint density at radius 3 is 2.90 bits per heavy atom. The summed E-state index contributed by atoms with van der Waals surface area (Å²) in [7, 11) is 0. The minimum Gasteiger partial charge on any atom is -0.352 e. The molecule has 2 amide bonds. The molecule has 0 spiro atoms. The summed E-state index contributed by atoms with van der Waals surface area (Å²) in [6, 6.07) is 0.344. The van der Waals surface area contributed by atoms with Gasteiger partial charge in [0.2, 0.25) is 11.8 Å². The zero-order valence-corrected chi connectivity index (χ0v) is 12.3. The van der Waals surface area contributed by atoms with Gasteiger partial charge >= 0.3 is 0 Å². The van der Waals surface area contributed by atoms with Gasteiger partial charge in [0.1, 0.15) is 6.54 Å². The van der Waals surface area contributed by atoms with Gasteiger partial charge in [0, 0.05) is 18.7 Å². The number of hydrogen-bond donors (Lipinski definition) is 3. The van der Waals surface area contributed by atoms with Crippen LogP contribution in [0.1, 0.15) is 32.6 Å². The second-order valence-corrected chi connectivity index (χ2v) is 5.70. The molecule has 1 aliphatic carbocycles. The number of amides is 2. The van der Waals surface area contributed by atoms with Crippen LogP contribution in [0.5, 0.6) is 0 Å². The number of hydrogen-bond acceptors (Lipinski definition) is 4. The fourth-order valence-electron chi connectivity index (χ4n) is 1.88. The summed E-state index contributed by atoms with van der Waals surface area (Å²) in [5, 5.41) is 9.74. The van der Waals surface area contributed by atoms with Crippen LogP contribution in [0.2, 0.25) is 0 Å². The predicted octanol–water partition coefficient (Wildman–Crippen LogP) is 0.475. The van der Waals surface area contributed by atoms with E-state index >= 15 is 0 Å². The third-order valence-corrected chi connectivity index (χ3v) is 3.43. The van der Waals surface area contributed by atoms with Crippen molar-refractivity contribution in [1.82, 2.24) is 15.1 Å². The highest BCUT2D eigenvalue weighted by Crippen LogP contribution is 2.18. The van der Waals surface area contributed by atoms with Crippen molar-refractivity contribution in [1.29, 1.82) is 0 Å². The first-order valence-electron chi connectivity index (χ1n) is 7.38. The number of nitrogens with two attached hydrogens (primary N) is 1. The smallest absolute Gasteiger partial charge is 0.241 e. The fourth-order valence-corrected chi connectivity index (χ4v) is 1.88. The van der Waals surface area contributed by atoms with Crippen molar-refractivity contribution < 1.29 is 9.59 Å². The number of nitrogens with one attached hydrogen (secondary N) is 2. The molecule has 7 heteroatoms. The van der Waals surface area contributed by atoms with Crippen LogP contribution in [0.15, 0.2) is 12.4 Å². The van der Waals surface area contributed by atoms with Gasteiger partial charge in [-0.3, -0.25) is 14.3 Å². The van der Waals surface area contributed by atoms with Crippen molar-refractivity contribution in [3.63, 3.8) is 0 Å². The monoisotopic (exact) mass is 293 g/mol. The Balaban J connectivity index is 1.73. The average Bonchev–Trinajstić information content (AvgIpc) is 3.15. The average molecular weight is 293 g/mol. The number of rotatable bonds is 8. The molecule has 0 aliphatic heterocycles. The molecule has 1 aromatic rings. The molecule has 1 saturated carbocycles. The maximum Gasteiger partial charge on any atom is 0.241 e. The van der Waals surface area contributed by atoms with E-state index in [0.29, 0.717) is 30.6 Å². The van der Waals surface area contributed by atoms with E-state index in [1.54, 1.807) is 12.4 Å². The van der Waals surface area contributed by atoms with E-state index < -0.39 is 0 Å². The Hall–Kier alpha value is -1.89. The van der Waals surface area contributed by atoms with Gasteiger partial charge in [0.25, 0.3) is 0 Å². The van der Waals surface area contributed by atoms with Crippen LogP contribution < -0.4 is 16.4 Å². The first-order chi connectivity index (χ1) is 10.1. The number of nitrogens with zero attached hydrogens (tertiary/aromatic N) is 2. The molecule has 4 N–H and O–H groups in total. The molecule has 116 valence electrons. The molecule has 0 saturated heterocycles. The number of aromatic nitrogens is 2. The quantitative estimate of drug-likeness (QED) is 0.648. The summed E-state index contributed by atoms with van der Waals surface area (Å²) in [4.78, 5) is 23.4. The molecule has 0 bridgehead atoms. The van der Waals surface area contributed by atoms with E-state index in [0.717, 1.165) is 19.3 Å². The van der Waals surface area contributed by atoms with E-state index in [2.05, 4.69) is 15.7 Å². The van der Waals surface area contributed by atoms with Gasteiger partial charge in [-0.25, -0.2) is 0 Å². The van der Waals surface area contributed by atoms with Crippen LogP contribution in [0.4, 0.5) is 5.69 Å². The lowest BCUT2D eigenvalue weighted by atomic mass is 10.1. The summed E-state index contributed by atoms with van der Waals surface area (Å²) >= 11 is 0. The van der Waals surface area contributed by atoms with Gasteiger partial charge in [-0.05, 0) is 31.7 Å². The van der Waals surface area contributed by atoms with Crippen molar-refractivity contribution in [3.05, 3.63) is 12.4 Å². The molecule has 1 heterocycles. The molecule has 0 aromatic carbocycles. The number of carbonyl (C=O) groups is 2. The molecule has 1 unspecified atom stereocenters. The third kappa shape index (κ3) is 5.55.